The molecule has 2 nitrogen and oxygen atoms in total. The number of rotatable bonds is 3. The molecule has 0 spiro atoms. The third kappa shape index (κ3) is 3.85. The van der Waals surface area contributed by atoms with Crippen molar-refractivity contribution in [1.82, 2.24) is 0 Å². The Kier molecular flexibility index (Phi) is 6.17. The Hall–Kier alpha value is -4.30. The lowest BCUT2D eigenvalue weighted by atomic mass is 9.64. The van der Waals surface area contributed by atoms with Gasteiger partial charge in [-0.2, -0.15) is 0 Å². The third-order valence-corrected chi connectivity index (χ3v) is 9.98. The fraction of sp³-hybridized carbons (Fsp3) is 0.250. The molecule has 0 radical (unpaired) electrons. The molecule has 2 aliphatic carbocycles. The van der Waals surface area contributed by atoms with E-state index in [-0.39, 0.29) is 0 Å². The molecule has 3 atom stereocenters. The molecule has 42 heavy (non-hydrogen) atoms. The molecule has 5 aromatic carbocycles. The van der Waals surface area contributed by atoms with E-state index in [1.807, 2.05) is 12.1 Å². The molecule has 5 aromatic rings. The van der Waals surface area contributed by atoms with Crippen LogP contribution in [0, 0.1) is 0 Å². The molecule has 2 heteroatoms. The SMILES string of the molecule is COc1ccc(C2(c3ccccc3)C=Cc3c4c(c5ccccc5c3O2)-c2ccccc2C2CCCCCCC42)cc1. The van der Waals surface area contributed by atoms with Gasteiger partial charge in [-0.05, 0) is 70.5 Å². The van der Waals surface area contributed by atoms with Crippen LogP contribution in [-0.4, -0.2) is 7.11 Å². The highest BCUT2D eigenvalue weighted by molar-refractivity contribution is 6.06. The quantitative estimate of drug-likeness (QED) is 0.223. The Morgan fingerprint density at radius 1 is 0.667 bits per heavy atom. The zero-order valence-electron chi connectivity index (χ0n) is 24.2. The van der Waals surface area contributed by atoms with E-state index in [1.165, 1.54) is 71.6 Å². The first-order chi connectivity index (χ1) is 20.8. The average Bonchev–Trinajstić information content (AvgIpc) is 3.05. The van der Waals surface area contributed by atoms with Gasteiger partial charge < -0.3 is 9.47 Å². The lowest BCUT2D eigenvalue weighted by Gasteiger charge is -2.42. The molecular weight excluding hydrogens is 512 g/mol. The highest BCUT2D eigenvalue weighted by Crippen LogP contribution is 2.58. The van der Waals surface area contributed by atoms with Gasteiger partial charge in [-0.1, -0.05) is 123 Å². The van der Waals surface area contributed by atoms with E-state index >= 15 is 0 Å². The van der Waals surface area contributed by atoms with Gasteiger partial charge in [0, 0.05) is 22.1 Å². The second-order valence-electron chi connectivity index (χ2n) is 12.1. The Bertz CT molecular complexity index is 1800. The summed E-state index contributed by atoms with van der Waals surface area (Å²) in [7, 11) is 1.71. The van der Waals surface area contributed by atoms with Crippen LogP contribution in [0.4, 0.5) is 0 Å². The summed E-state index contributed by atoms with van der Waals surface area (Å²) in [6, 6.07) is 37.1. The van der Waals surface area contributed by atoms with Crippen LogP contribution in [0.15, 0.2) is 109 Å². The maximum absolute atomic E-state index is 7.44. The Morgan fingerprint density at radius 3 is 2.12 bits per heavy atom. The fourth-order valence-electron chi connectivity index (χ4n) is 8.04. The summed E-state index contributed by atoms with van der Waals surface area (Å²) in [6.45, 7) is 0. The number of benzene rings is 5. The van der Waals surface area contributed by atoms with Crippen LogP contribution in [-0.2, 0) is 5.60 Å². The summed E-state index contributed by atoms with van der Waals surface area (Å²) < 4.78 is 13.0. The van der Waals surface area contributed by atoms with Crippen molar-refractivity contribution in [2.24, 2.45) is 0 Å². The predicted molar refractivity (Wildman–Crippen MR) is 172 cm³/mol. The van der Waals surface area contributed by atoms with Crippen LogP contribution < -0.4 is 9.47 Å². The number of ether oxygens (including phenoxy) is 2. The van der Waals surface area contributed by atoms with Gasteiger partial charge in [-0.3, -0.25) is 0 Å². The van der Waals surface area contributed by atoms with Crippen LogP contribution in [0.2, 0.25) is 0 Å². The van der Waals surface area contributed by atoms with Crippen molar-refractivity contribution in [2.45, 2.75) is 56.0 Å². The highest BCUT2D eigenvalue weighted by atomic mass is 16.5. The molecule has 3 aliphatic rings. The molecule has 0 bridgehead atoms. The minimum Gasteiger partial charge on any atom is -0.497 e. The molecule has 8 rings (SSSR count). The zero-order chi connectivity index (χ0) is 28.1. The molecule has 1 fully saturated rings. The first-order valence-electron chi connectivity index (χ1n) is 15.5. The van der Waals surface area contributed by atoms with Gasteiger partial charge in [-0.25, -0.2) is 0 Å². The van der Waals surface area contributed by atoms with Crippen LogP contribution in [0.1, 0.15) is 78.2 Å². The Balaban J connectivity index is 1.42. The largest absolute Gasteiger partial charge is 0.497 e. The van der Waals surface area contributed by atoms with Crippen molar-refractivity contribution < 1.29 is 9.47 Å². The summed E-state index contributed by atoms with van der Waals surface area (Å²) in [5.74, 6) is 2.89. The molecule has 1 heterocycles. The van der Waals surface area contributed by atoms with Crippen LogP contribution in [0.5, 0.6) is 11.5 Å². The van der Waals surface area contributed by atoms with Gasteiger partial charge in [0.2, 0.25) is 0 Å². The normalized spacial score (nSPS) is 22.5. The van der Waals surface area contributed by atoms with E-state index in [1.54, 1.807) is 12.7 Å². The number of hydrogen-bond acceptors (Lipinski definition) is 2. The molecule has 0 amide bonds. The van der Waals surface area contributed by atoms with Crippen LogP contribution in [0.3, 0.4) is 0 Å². The van der Waals surface area contributed by atoms with Gasteiger partial charge in [-0.15, -0.1) is 0 Å². The third-order valence-electron chi connectivity index (χ3n) is 9.98. The second-order valence-corrected chi connectivity index (χ2v) is 12.1. The Morgan fingerprint density at radius 2 is 1.33 bits per heavy atom. The summed E-state index contributed by atoms with van der Waals surface area (Å²) >= 11 is 0. The summed E-state index contributed by atoms with van der Waals surface area (Å²) in [6.07, 6.45) is 12.5. The molecular formula is C40H36O2. The van der Waals surface area contributed by atoms with Gasteiger partial charge in [0.25, 0.3) is 0 Å². The predicted octanol–water partition coefficient (Wildman–Crippen LogP) is 10.4. The van der Waals surface area contributed by atoms with E-state index in [2.05, 4.69) is 103 Å². The van der Waals surface area contributed by atoms with Crippen molar-refractivity contribution >= 4 is 16.8 Å². The van der Waals surface area contributed by atoms with Crippen molar-refractivity contribution in [3.05, 3.63) is 137 Å². The van der Waals surface area contributed by atoms with E-state index in [9.17, 15) is 0 Å². The zero-order valence-corrected chi connectivity index (χ0v) is 24.2. The standard InChI is InChI=1S/C40H36O2/c1-41-29-23-21-28(22-24-29)40(27-13-5-4-6-14-27)26-25-36-38-33-17-8-3-2-7-15-30(33)31-16-9-10-18-32(31)37(38)34-19-11-12-20-35(34)39(36)42-40/h4-6,9-14,16,18-26,30,33H,2-3,7-8,15,17H2,1H3. The van der Waals surface area contributed by atoms with E-state index in [0.29, 0.717) is 11.8 Å². The molecule has 0 saturated heterocycles. The van der Waals surface area contributed by atoms with Gasteiger partial charge >= 0.3 is 0 Å². The van der Waals surface area contributed by atoms with Crippen molar-refractivity contribution in [3.8, 4) is 22.6 Å². The van der Waals surface area contributed by atoms with E-state index in [4.69, 9.17) is 9.47 Å². The van der Waals surface area contributed by atoms with Gasteiger partial charge in [0.1, 0.15) is 11.5 Å². The van der Waals surface area contributed by atoms with Crippen LogP contribution in [0.25, 0.3) is 28.0 Å². The van der Waals surface area contributed by atoms with Crippen molar-refractivity contribution in [2.75, 3.05) is 7.11 Å². The lowest BCUT2D eigenvalue weighted by Crippen LogP contribution is -2.35. The first-order valence-corrected chi connectivity index (χ1v) is 15.5. The molecule has 208 valence electrons. The number of methoxy groups -OCH3 is 1. The van der Waals surface area contributed by atoms with Gasteiger partial charge in [0.15, 0.2) is 5.60 Å². The maximum atomic E-state index is 7.44. The summed E-state index contributed by atoms with van der Waals surface area (Å²) in [4.78, 5) is 0. The Labute approximate surface area is 248 Å². The monoisotopic (exact) mass is 548 g/mol. The second kappa shape index (κ2) is 10.2. The molecule has 1 saturated carbocycles. The summed E-state index contributed by atoms with van der Waals surface area (Å²) in [5, 5.41) is 2.48. The molecule has 1 aliphatic heterocycles. The fourth-order valence-corrected chi connectivity index (χ4v) is 8.04. The number of fused-ring (bicyclic) bond motifs is 11. The molecule has 0 aromatic heterocycles. The highest BCUT2D eigenvalue weighted by Gasteiger charge is 2.42. The topological polar surface area (TPSA) is 18.5 Å². The molecule has 3 unspecified atom stereocenters. The van der Waals surface area contributed by atoms with Crippen LogP contribution >= 0.6 is 0 Å². The van der Waals surface area contributed by atoms with E-state index in [0.717, 1.165) is 22.6 Å². The van der Waals surface area contributed by atoms with Crippen molar-refractivity contribution in [1.29, 1.82) is 0 Å². The lowest BCUT2D eigenvalue weighted by molar-refractivity contribution is 0.163. The minimum absolute atomic E-state index is 0.493. The average molecular weight is 549 g/mol. The maximum Gasteiger partial charge on any atom is 0.178 e. The van der Waals surface area contributed by atoms with Gasteiger partial charge in [0.05, 0.1) is 7.11 Å². The first kappa shape index (κ1) is 25.4. The molecule has 0 N–H and O–H groups in total. The summed E-state index contributed by atoms with van der Waals surface area (Å²) in [5.41, 5.74) is 8.61. The van der Waals surface area contributed by atoms with E-state index < -0.39 is 5.60 Å². The smallest absolute Gasteiger partial charge is 0.178 e. The number of hydrogen-bond donors (Lipinski definition) is 0. The minimum atomic E-state index is -0.746. The van der Waals surface area contributed by atoms with Crippen molar-refractivity contribution in [3.63, 3.8) is 0 Å².